The number of hydrogen-bond donors (Lipinski definition) is 1. The minimum absolute atomic E-state index is 0.391. The van der Waals surface area contributed by atoms with Gasteiger partial charge in [0, 0.05) is 5.56 Å². The SMILES string of the molecule is Cc1cc(O)c(C)c2c1OCCC2. The summed E-state index contributed by atoms with van der Waals surface area (Å²) in [6.45, 7) is 4.73. The van der Waals surface area contributed by atoms with Gasteiger partial charge in [-0.1, -0.05) is 0 Å². The molecule has 0 aromatic heterocycles. The minimum Gasteiger partial charge on any atom is -0.508 e. The van der Waals surface area contributed by atoms with Crippen molar-refractivity contribution in [3.05, 3.63) is 22.8 Å². The van der Waals surface area contributed by atoms with Gasteiger partial charge in [-0.2, -0.15) is 0 Å². The van der Waals surface area contributed by atoms with Gasteiger partial charge in [0.2, 0.25) is 0 Å². The van der Waals surface area contributed by atoms with Crippen LogP contribution >= 0.6 is 0 Å². The molecule has 0 saturated carbocycles. The van der Waals surface area contributed by atoms with Crippen LogP contribution in [0.15, 0.2) is 6.07 Å². The van der Waals surface area contributed by atoms with Crippen LogP contribution in [0.25, 0.3) is 0 Å². The lowest BCUT2D eigenvalue weighted by Crippen LogP contribution is -2.11. The number of rotatable bonds is 0. The van der Waals surface area contributed by atoms with Crippen molar-refractivity contribution in [1.29, 1.82) is 0 Å². The van der Waals surface area contributed by atoms with Crippen LogP contribution in [0.1, 0.15) is 23.1 Å². The maximum atomic E-state index is 9.60. The Hall–Kier alpha value is -1.18. The fraction of sp³-hybridized carbons (Fsp3) is 0.455. The Labute approximate surface area is 78.2 Å². The smallest absolute Gasteiger partial charge is 0.125 e. The molecule has 0 aliphatic carbocycles. The second kappa shape index (κ2) is 2.95. The third-order valence-corrected chi connectivity index (χ3v) is 2.64. The summed E-state index contributed by atoms with van der Waals surface area (Å²) in [7, 11) is 0. The summed E-state index contributed by atoms with van der Waals surface area (Å²) in [6, 6.07) is 1.78. The Bertz CT molecular complexity index is 342. The van der Waals surface area contributed by atoms with Crippen LogP contribution in [0.4, 0.5) is 0 Å². The molecule has 0 spiro atoms. The van der Waals surface area contributed by atoms with Crippen molar-refractivity contribution < 1.29 is 9.84 Å². The van der Waals surface area contributed by atoms with E-state index in [-0.39, 0.29) is 0 Å². The van der Waals surface area contributed by atoms with Crippen molar-refractivity contribution in [2.45, 2.75) is 26.7 Å². The molecule has 1 aromatic rings. The lowest BCUT2D eigenvalue weighted by atomic mass is 9.97. The standard InChI is InChI=1S/C11H14O2/c1-7-6-10(12)8(2)9-4-3-5-13-11(7)9/h6,12H,3-5H2,1-2H3. The number of aryl methyl sites for hydroxylation is 1. The lowest BCUT2D eigenvalue weighted by Gasteiger charge is -2.21. The molecule has 0 unspecified atom stereocenters. The molecule has 0 amide bonds. The zero-order valence-electron chi connectivity index (χ0n) is 8.05. The van der Waals surface area contributed by atoms with Crippen molar-refractivity contribution in [3.8, 4) is 11.5 Å². The van der Waals surface area contributed by atoms with Gasteiger partial charge in [-0.3, -0.25) is 0 Å². The molecule has 1 aliphatic heterocycles. The van der Waals surface area contributed by atoms with Crippen LogP contribution in [0, 0.1) is 13.8 Å². The van der Waals surface area contributed by atoms with Gasteiger partial charge in [0.15, 0.2) is 0 Å². The summed E-state index contributed by atoms with van der Waals surface area (Å²) in [4.78, 5) is 0. The van der Waals surface area contributed by atoms with Gasteiger partial charge in [0.05, 0.1) is 6.61 Å². The van der Waals surface area contributed by atoms with Crippen molar-refractivity contribution >= 4 is 0 Å². The summed E-state index contributed by atoms with van der Waals surface area (Å²) in [5, 5.41) is 9.60. The average molecular weight is 178 g/mol. The third-order valence-electron chi connectivity index (χ3n) is 2.64. The molecule has 1 aliphatic rings. The predicted molar refractivity (Wildman–Crippen MR) is 51.4 cm³/mol. The maximum Gasteiger partial charge on any atom is 0.125 e. The lowest BCUT2D eigenvalue weighted by molar-refractivity contribution is 0.284. The number of ether oxygens (including phenoxy) is 1. The molecule has 2 rings (SSSR count). The van der Waals surface area contributed by atoms with E-state index in [0.29, 0.717) is 5.75 Å². The molecule has 1 aromatic carbocycles. The zero-order chi connectivity index (χ0) is 9.42. The van der Waals surface area contributed by atoms with E-state index in [4.69, 9.17) is 4.74 Å². The molecule has 0 radical (unpaired) electrons. The Kier molecular flexibility index (Phi) is 1.91. The van der Waals surface area contributed by atoms with Crippen LogP contribution in [-0.4, -0.2) is 11.7 Å². The highest BCUT2D eigenvalue weighted by atomic mass is 16.5. The third kappa shape index (κ3) is 1.26. The van der Waals surface area contributed by atoms with Gasteiger partial charge in [-0.05, 0) is 43.9 Å². The number of hydrogen-bond acceptors (Lipinski definition) is 2. The second-order valence-electron chi connectivity index (χ2n) is 3.60. The summed E-state index contributed by atoms with van der Waals surface area (Å²) >= 11 is 0. The molecule has 0 fully saturated rings. The Morgan fingerprint density at radius 2 is 2.15 bits per heavy atom. The predicted octanol–water partition coefficient (Wildman–Crippen LogP) is 2.33. The summed E-state index contributed by atoms with van der Waals surface area (Å²) < 4.78 is 5.58. The van der Waals surface area contributed by atoms with E-state index in [1.165, 1.54) is 5.56 Å². The number of fused-ring (bicyclic) bond motifs is 1. The molecule has 1 heterocycles. The van der Waals surface area contributed by atoms with Crippen molar-refractivity contribution in [2.75, 3.05) is 6.61 Å². The molecule has 1 N–H and O–H groups in total. The molecule has 2 nitrogen and oxygen atoms in total. The molecule has 2 heteroatoms. The van der Waals surface area contributed by atoms with Gasteiger partial charge in [0.1, 0.15) is 11.5 Å². The Morgan fingerprint density at radius 3 is 2.92 bits per heavy atom. The van der Waals surface area contributed by atoms with Gasteiger partial charge >= 0.3 is 0 Å². The largest absolute Gasteiger partial charge is 0.508 e. The maximum absolute atomic E-state index is 9.60. The molecular weight excluding hydrogens is 164 g/mol. The molecule has 13 heavy (non-hydrogen) atoms. The van der Waals surface area contributed by atoms with E-state index in [2.05, 4.69) is 0 Å². The van der Waals surface area contributed by atoms with E-state index in [0.717, 1.165) is 36.3 Å². The molecule has 0 bridgehead atoms. The topological polar surface area (TPSA) is 29.5 Å². The Morgan fingerprint density at radius 1 is 1.38 bits per heavy atom. The second-order valence-corrected chi connectivity index (χ2v) is 3.60. The first-order valence-electron chi connectivity index (χ1n) is 4.65. The number of benzene rings is 1. The van der Waals surface area contributed by atoms with E-state index in [9.17, 15) is 5.11 Å². The van der Waals surface area contributed by atoms with E-state index >= 15 is 0 Å². The number of phenols is 1. The molecule has 0 atom stereocenters. The van der Waals surface area contributed by atoms with Crippen LogP contribution in [0.5, 0.6) is 11.5 Å². The van der Waals surface area contributed by atoms with Gasteiger partial charge in [-0.15, -0.1) is 0 Å². The van der Waals surface area contributed by atoms with Crippen molar-refractivity contribution in [3.63, 3.8) is 0 Å². The van der Waals surface area contributed by atoms with Gasteiger partial charge < -0.3 is 9.84 Å². The highest BCUT2D eigenvalue weighted by Crippen LogP contribution is 2.35. The molecular formula is C11H14O2. The first kappa shape index (κ1) is 8.42. The fourth-order valence-corrected chi connectivity index (χ4v) is 1.87. The van der Waals surface area contributed by atoms with Crippen LogP contribution in [0.2, 0.25) is 0 Å². The quantitative estimate of drug-likeness (QED) is 0.660. The average Bonchev–Trinajstić information content (AvgIpc) is 2.15. The minimum atomic E-state index is 0.391. The highest BCUT2D eigenvalue weighted by molar-refractivity contribution is 5.52. The summed E-state index contributed by atoms with van der Waals surface area (Å²) in [5.74, 6) is 1.38. The number of phenolic OH excluding ortho intramolecular Hbond substituents is 1. The Balaban J connectivity index is 2.63. The summed E-state index contributed by atoms with van der Waals surface area (Å²) in [5.41, 5.74) is 3.20. The first-order valence-corrected chi connectivity index (χ1v) is 4.65. The van der Waals surface area contributed by atoms with E-state index in [1.807, 2.05) is 13.8 Å². The summed E-state index contributed by atoms with van der Waals surface area (Å²) in [6.07, 6.45) is 2.08. The molecule has 0 saturated heterocycles. The van der Waals surface area contributed by atoms with Gasteiger partial charge in [-0.25, -0.2) is 0 Å². The number of aromatic hydroxyl groups is 1. The molecule has 70 valence electrons. The van der Waals surface area contributed by atoms with Crippen molar-refractivity contribution in [2.24, 2.45) is 0 Å². The van der Waals surface area contributed by atoms with Crippen LogP contribution < -0.4 is 4.74 Å². The first-order chi connectivity index (χ1) is 6.20. The zero-order valence-corrected chi connectivity index (χ0v) is 8.05. The fourth-order valence-electron chi connectivity index (χ4n) is 1.87. The highest BCUT2D eigenvalue weighted by Gasteiger charge is 2.17. The van der Waals surface area contributed by atoms with Crippen LogP contribution in [-0.2, 0) is 6.42 Å². The van der Waals surface area contributed by atoms with Crippen LogP contribution in [0.3, 0.4) is 0 Å². The van der Waals surface area contributed by atoms with E-state index in [1.54, 1.807) is 6.07 Å². The normalized spacial score (nSPS) is 14.9. The van der Waals surface area contributed by atoms with E-state index < -0.39 is 0 Å². The van der Waals surface area contributed by atoms with Gasteiger partial charge in [0.25, 0.3) is 0 Å². The van der Waals surface area contributed by atoms with Crippen molar-refractivity contribution in [1.82, 2.24) is 0 Å². The monoisotopic (exact) mass is 178 g/mol.